The summed E-state index contributed by atoms with van der Waals surface area (Å²) in [5.74, 6) is 0.713. The number of benzene rings is 3. The molecule has 5 nitrogen and oxygen atoms in total. The lowest BCUT2D eigenvalue weighted by molar-refractivity contribution is -0.112. The van der Waals surface area contributed by atoms with Crippen LogP contribution in [0.25, 0.3) is 6.08 Å². The van der Waals surface area contributed by atoms with Crippen LogP contribution in [0, 0.1) is 28.7 Å². The van der Waals surface area contributed by atoms with Crippen molar-refractivity contribution in [3.05, 3.63) is 90.5 Å². The highest BCUT2D eigenvalue weighted by Gasteiger charge is 2.15. The second kappa shape index (κ2) is 12.0. The van der Waals surface area contributed by atoms with Gasteiger partial charge in [-0.3, -0.25) is 4.79 Å². The number of halogens is 2. The maximum Gasteiger partial charge on any atom is 0.266 e. The summed E-state index contributed by atoms with van der Waals surface area (Å²) < 4.78 is 13.7. The van der Waals surface area contributed by atoms with Crippen molar-refractivity contribution < 1.29 is 14.3 Å². The Morgan fingerprint density at radius 1 is 1.15 bits per heavy atom. The summed E-state index contributed by atoms with van der Waals surface area (Å²) in [5, 5.41) is 12.5. The van der Waals surface area contributed by atoms with Crippen LogP contribution in [0.3, 0.4) is 0 Å². The average molecular weight is 631 g/mol. The molecule has 0 aliphatic heterocycles. The van der Waals surface area contributed by atoms with Crippen molar-refractivity contribution in [3.8, 4) is 17.6 Å². The highest BCUT2D eigenvalue weighted by Crippen LogP contribution is 2.36. The summed E-state index contributed by atoms with van der Waals surface area (Å²) in [6.07, 6.45) is 1.56. The van der Waals surface area contributed by atoms with Gasteiger partial charge in [-0.05, 0) is 84.8 Å². The molecule has 3 aromatic carbocycles. The zero-order valence-electron chi connectivity index (χ0n) is 19.1. The quantitative estimate of drug-likeness (QED) is 0.162. The Hall–Kier alpha value is -2.83. The Morgan fingerprint density at radius 3 is 2.59 bits per heavy atom. The molecule has 3 aromatic rings. The first-order chi connectivity index (χ1) is 16.3. The van der Waals surface area contributed by atoms with E-state index in [-0.39, 0.29) is 5.57 Å². The van der Waals surface area contributed by atoms with E-state index in [0.717, 1.165) is 24.7 Å². The number of amides is 1. The summed E-state index contributed by atoms with van der Waals surface area (Å²) in [6, 6.07) is 19.3. The lowest BCUT2D eigenvalue weighted by atomic mass is 10.1. The molecular weight excluding hydrogens is 607 g/mol. The van der Waals surface area contributed by atoms with Gasteiger partial charge in [-0.15, -0.1) is 0 Å². The Labute approximate surface area is 222 Å². The Morgan fingerprint density at radius 2 is 1.91 bits per heavy atom. The summed E-state index contributed by atoms with van der Waals surface area (Å²) in [5.41, 5.74) is 4.40. The molecule has 34 heavy (non-hydrogen) atoms. The van der Waals surface area contributed by atoms with Gasteiger partial charge < -0.3 is 14.8 Å². The van der Waals surface area contributed by atoms with Crippen molar-refractivity contribution >= 4 is 56.2 Å². The van der Waals surface area contributed by atoms with Gasteiger partial charge in [-0.1, -0.05) is 51.8 Å². The summed E-state index contributed by atoms with van der Waals surface area (Å²) >= 11 is 5.72. The van der Waals surface area contributed by atoms with Gasteiger partial charge in [0.15, 0.2) is 11.5 Å². The number of ether oxygens (including phenoxy) is 2. The molecule has 0 fully saturated rings. The van der Waals surface area contributed by atoms with E-state index in [1.54, 1.807) is 12.1 Å². The summed E-state index contributed by atoms with van der Waals surface area (Å²) in [4.78, 5) is 12.8. The van der Waals surface area contributed by atoms with E-state index in [2.05, 4.69) is 43.8 Å². The topological polar surface area (TPSA) is 71.3 Å². The zero-order chi connectivity index (χ0) is 24.7. The number of anilines is 1. The molecule has 3 rings (SSSR count). The fourth-order valence-corrected chi connectivity index (χ4v) is 4.48. The van der Waals surface area contributed by atoms with Crippen LogP contribution in [-0.4, -0.2) is 12.5 Å². The molecule has 174 valence electrons. The van der Waals surface area contributed by atoms with E-state index >= 15 is 0 Å². The molecule has 0 saturated heterocycles. The second-order valence-corrected chi connectivity index (χ2v) is 9.60. The van der Waals surface area contributed by atoms with Crippen LogP contribution in [0.2, 0.25) is 0 Å². The van der Waals surface area contributed by atoms with Crippen LogP contribution in [0.15, 0.2) is 64.6 Å². The smallest absolute Gasteiger partial charge is 0.266 e. The van der Waals surface area contributed by atoms with E-state index in [9.17, 15) is 10.1 Å². The van der Waals surface area contributed by atoms with Gasteiger partial charge in [0.1, 0.15) is 18.2 Å². The zero-order valence-corrected chi connectivity index (χ0v) is 22.9. The van der Waals surface area contributed by atoms with E-state index in [1.165, 1.54) is 0 Å². The molecule has 0 aromatic heterocycles. The monoisotopic (exact) mass is 630 g/mol. The fourth-order valence-electron chi connectivity index (χ4n) is 3.30. The molecule has 0 aliphatic carbocycles. The highest BCUT2D eigenvalue weighted by molar-refractivity contribution is 14.1. The predicted octanol–water partition coefficient (Wildman–Crippen LogP) is 7.19. The predicted molar refractivity (Wildman–Crippen MR) is 147 cm³/mol. The molecule has 1 N–H and O–H groups in total. The number of hydrogen-bond acceptors (Lipinski definition) is 4. The van der Waals surface area contributed by atoms with Crippen molar-refractivity contribution in [1.82, 2.24) is 0 Å². The Balaban J connectivity index is 1.86. The van der Waals surface area contributed by atoms with Crippen LogP contribution in [0.1, 0.15) is 29.2 Å². The van der Waals surface area contributed by atoms with Gasteiger partial charge in [0, 0.05) is 15.7 Å². The van der Waals surface area contributed by atoms with Crippen molar-refractivity contribution in [1.29, 1.82) is 5.26 Å². The third-order valence-electron chi connectivity index (χ3n) is 4.97. The maximum atomic E-state index is 12.8. The minimum absolute atomic E-state index is 0.0001000. The van der Waals surface area contributed by atoms with Crippen LogP contribution in [0.5, 0.6) is 11.5 Å². The molecule has 0 aliphatic rings. The van der Waals surface area contributed by atoms with Crippen molar-refractivity contribution in [2.24, 2.45) is 0 Å². The van der Waals surface area contributed by atoms with Gasteiger partial charge in [0.05, 0.1) is 10.2 Å². The van der Waals surface area contributed by atoms with Crippen molar-refractivity contribution in [2.45, 2.75) is 27.4 Å². The molecule has 0 atom stereocenters. The average Bonchev–Trinajstić information content (AvgIpc) is 2.80. The van der Waals surface area contributed by atoms with Crippen molar-refractivity contribution in [2.75, 3.05) is 11.9 Å². The van der Waals surface area contributed by atoms with Crippen LogP contribution in [-0.2, 0) is 11.4 Å². The van der Waals surface area contributed by atoms with E-state index in [1.807, 2.05) is 75.4 Å². The number of nitriles is 1. The molecule has 0 radical (unpaired) electrons. The summed E-state index contributed by atoms with van der Waals surface area (Å²) in [6.45, 7) is 6.62. The SMILES string of the molecule is CCOc1cc(/C=C(\C#N)C(=O)Nc2ccc(C)cc2C)cc(I)c1OCc1ccccc1Br. The molecular formula is C27H24BrIN2O3. The first-order valence-corrected chi connectivity index (χ1v) is 12.5. The largest absolute Gasteiger partial charge is 0.490 e. The minimum Gasteiger partial charge on any atom is -0.490 e. The van der Waals surface area contributed by atoms with Gasteiger partial charge in [-0.2, -0.15) is 5.26 Å². The standard InChI is InChI=1S/C27H24BrIN2O3/c1-4-33-25-14-19(13-23(29)26(25)34-16-20-7-5-6-8-22(20)28)12-21(15-30)27(32)31-24-10-9-17(2)11-18(24)3/h5-14H,4,16H2,1-3H3,(H,31,32)/b21-12+. The van der Waals surface area contributed by atoms with E-state index < -0.39 is 5.91 Å². The fraction of sp³-hybridized carbons (Fsp3) is 0.185. The van der Waals surface area contributed by atoms with Gasteiger partial charge in [0.25, 0.3) is 5.91 Å². The first kappa shape index (κ1) is 25.8. The highest BCUT2D eigenvalue weighted by atomic mass is 127. The Bertz CT molecular complexity index is 1280. The van der Waals surface area contributed by atoms with Gasteiger partial charge in [-0.25, -0.2) is 0 Å². The normalized spacial score (nSPS) is 11.0. The molecule has 1 amide bonds. The summed E-state index contributed by atoms with van der Waals surface area (Å²) in [7, 11) is 0. The molecule has 0 bridgehead atoms. The number of aryl methyl sites for hydroxylation is 2. The molecule has 0 unspecified atom stereocenters. The number of carbonyl (C=O) groups is 1. The molecule has 0 spiro atoms. The third-order valence-corrected chi connectivity index (χ3v) is 6.54. The number of hydrogen-bond donors (Lipinski definition) is 1. The van der Waals surface area contributed by atoms with E-state index in [4.69, 9.17) is 9.47 Å². The van der Waals surface area contributed by atoms with Gasteiger partial charge >= 0.3 is 0 Å². The van der Waals surface area contributed by atoms with Crippen LogP contribution in [0.4, 0.5) is 5.69 Å². The van der Waals surface area contributed by atoms with Gasteiger partial charge in [0.2, 0.25) is 0 Å². The number of carbonyl (C=O) groups excluding carboxylic acids is 1. The third kappa shape index (κ3) is 6.61. The molecule has 0 saturated carbocycles. The van der Waals surface area contributed by atoms with E-state index in [0.29, 0.717) is 36.0 Å². The lowest BCUT2D eigenvalue weighted by Gasteiger charge is -2.15. The number of nitrogens with zero attached hydrogens (tertiary/aromatic N) is 1. The van der Waals surface area contributed by atoms with Crippen molar-refractivity contribution in [3.63, 3.8) is 0 Å². The minimum atomic E-state index is -0.461. The Kier molecular flexibility index (Phi) is 9.13. The number of rotatable bonds is 8. The first-order valence-electron chi connectivity index (χ1n) is 10.6. The molecule has 7 heteroatoms. The second-order valence-electron chi connectivity index (χ2n) is 7.59. The number of nitrogens with one attached hydrogen (secondary N) is 1. The van der Waals surface area contributed by atoms with Crippen LogP contribution >= 0.6 is 38.5 Å². The maximum absolute atomic E-state index is 12.8. The molecule has 0 heterocycles. The lowest BCUT2D eigenvalue weighted by Crippen LogP contribution is -2.14. The van der Waals surface area contributed by atoms with Crippen LogP contribution < -0.4 is 14.8 Å².